The summed E-state index contributed by atoms with van der Waals surface area (Å²) in [6.07, 6.45) is 0. The molecule has 2 aromatic rings. The molecule has 0 fully saturated rings. The second-order valence-corrected chi connectivity index (χ2v) is 5.82. The van der Waals surface area contributed by atoms with Gasteiger partial charge in [-0.3, -0.25) is 9.59 Å². The average molecular weight is 332 g/mol. The van der Waals surface area contributed by atoms with Crippen LogP contribution in [0.25, 0.3) is 0 Å². The van der Waals surface area contributed by atoms with Gasteiger partial charge in [0.1, 0.15) is 0 Å². The lowest BCUT2D eigenvalue weighted by Gasteiger charge is -2.11. The van der Waals surface area contributed by atoms with Gasteiger partial charge in [-0.25, -0.2) is 4.79 Å². The molecule has 120 valence electrons. The van der Waals surface area contributed by atoms with Crippen LogP contribution < -0.4 is 5.32 Å². The summed E-state index contributed by atoms with van der Waals surface area (Å²) in [7, 11) is 3.16. The molecule has 0 aliphatic carbocycles. The molecule has 0 radical (unpaired) electrons. The summed E-state index contributed by atoms with van der Waals surface area (Å²) in [6, 6.07) is 9.87. The zero-order chi connectivity index (χ0) is 16.8. The number of anilines is 1. The quantitative estimate of drug-likeness (QED) is 0.852. The fraction of sp³-hybridized carbons (Fsp3) is 0.188. The van der Waals surface area contributed by atoms with Crippen molar-refractivity contribution in [2.75, 3.05) is 26.0 Å². The highest BCUT2D eigenvalue weighted by atomic mass is 32.1. The van der Waals surface area contributed by atoms with Crippen molar-refractivity contribution in [3.63, 3.8) is 0 Å². The summed E-state index contributed by atoms with van der Waals surface area (Å²) >= 11 is 1.33. The molecule has 7 heteroatoms. The van der Waals surface area contributed by atoms with Crippen LogP contribution in [0.1, 0.15) is 20.0 Å². The van der Waals surface area contributed by atoms with E-state index < -0.39 is 5.97 Å². The number of nitrogens with zero attached hydrogens (tertiary/aromatic N) is 1. The third-order valence-corrected chi connectivity index (χ3v) is 3.80. The van der Waals surface area contributed by atoms with E-state index in [1.165, 1.54) is 22.3 Å². The lowest BCUT2D eigenvalue weighted by atomic mass is 10.2. The van der Waals surface area contributed by atoms with Crippen molar-refractivity contribution in [1.82, 2.24) is 4.90 Å². The number of nitrogens with one attached hydrogen (secondary N) is 1. The minimum Gasteiger partial charge on any atom is -0.452 e. The van der Waals surface area contributed by atoms with Gasteiger partial charge in [-0.1, -0.05) is 12.1 Å². The molecule has 6 nitrogen and oxygen atoms in total. The fourth-order valence-corrected chi connectivity index (χ4v) is 2.28. The van der Waals surface area contributed by atoms with E-state index >= 15 is 0 Å². The van der Waals surface area contributed by atoms with E-state index in [1.54, 1.807) is 44.4 Å². The molecule has 0 aliphatic rings. The lowest BCUT2D eigenvalue weighted by molar-refractivity contribution is -0.131. The van der Waals surface area contributed by atoms with Crippen molar-refractivity contribution in [3.8, 4) is 0 Å². The Morgan fingerprint density at radius 3 is 2.61 bits per heavy atom. The number of rotatable bonds is 5. The van der Waals surface area contributed by atoms with Crippen LogP contribution in [0.2, 0.25) is 0 Å². The molecular formula is C16H16N2O4S. The highest BCUT2D eigenvalue weighted by Gasteiger charge is 2.13. The molecule has 0 spiro atoms. The molecule has 2 rings (SSSR count). The van der Waals surface area contributed by atoms with Gasteiger partial charge in [0, 0.05) is 19.8 Å². The topological polar surface area (TPSA) is 75.7 Å². The maximum atomic E-state index is 12.0. The summed E-state index contributed by atoms with van der Waals surface area (Å²) in [4.78, 5) is 37.2. The lowest BCUT2D eigenvalue weighted by Crippen LogP contribution is -2.27. The van der Waals surface area contributed by atoms with E-state index in [4.69, 9.17) is 4.74 Å². The Kier molecular flexibility index (Phi) is 5.48. The van der Waals surface area contributed by atoms with Gasteiger partial charge < -0.3 is 15.0 Å². The van der Waals surface area contributed by atoms with Crippen molar-refractivity contribution in [2.24, 2.45) is 0 Å². The molecule has 23 heavy (non-hydrogen) atoms. The minimum absolute atomic E-state index is 0.242. The molecule has 0 atom stereocenters. The summed E-state index contributed by atoms with van der Waals surface area (Å²) < 4.78 is 4.94. The fourth-order valence-electron chi connectivity index (χ4n) is 1.66. The highest BCUT2D eigenvalue weighted by Crippen LogP contribution is 2.15. The van der Waals surface area contributed by atoms with Crippen LogP contribution in [0, 0.1) is 0 Å². The molecule has 0 aliphatic heterocycles. The second kappa shape index (κ2) is 7.55. The number of thiophene rings is 1. The minimum atomic E-state index is -0.618. The number of likely N-dealkylation sites (N-methyl/N-ethyl adjacent to an activating group) is 1. The zero-order valence-corrected chi connectivity index (χ0v) is 13.6. The second-order valence-electron chi connectivity index (χ2n) is 4.88. The Labute approximate surface area is 137 Å². The maximum Gasteiger partial charge on any atom is 0.338 e. The number of ether oxygens (including phenoxy) is 1. The maximum absolute atomic E-state index is 12.0. The van der Waals surface area contributed by atoms with Crippen LogP contribution in [0.4, 0.5) is 5.69 Å². The Balaban J connectivity index is 2.00. The van der Waals surface area contributed by atoms with Gasteiger partial charge in [0.15, 0.2) is 6.61 Å². The molecule has 1 N–H and O–H groups in total. The van der Waals surface area contributed by atoms with Gasteiger partial charge in [0.2, 0.25) is 0 Å². The number of hydrogen-bond donors (Lipinski definition) is 1. The van der Waals surface area contributed by atoms with Crippen molar-refractivity contribution < 1.29 is 19.1 Å². The molecule has 0 saturated carbocycles. The van der Waals surface area contributed by atoms with E-state index in [2.05, 4.69) is 5.32 Å². The van der Waals surface area contributed by atoms with Crippen molar-refractivity contribution in [2.45, 2.75) is 0 Å². The third kappa shape index (κ3) is 4.65. The van der Waals surface area contributed by atoms with Crippen LogP contribution in [0.15, 0.2) is 41.8 Å². The predicted octanol–water partition coefficient (Wildman–Crippen LogP) is 2.25. The normalized spacial score (nSPS) is 10.0. The van der Waals surface area contributed by atoms with Gasteiger partial charge in [-0.05, 0) is 29.6 Å². The molecule has 0 unspecified atom stereocenters. The Morgan fingerprint density at radius 2 is 1.96 bits per heavy atom. The van der Waals surface area contributed by atoms with E-state index in [-0.39, 0.29) is 24.0 Å². The van der Waals surface area contributed by atoms with Crippen LogP contribution in [-0.2, 0) is 9.53 Å². The number of carbonyl (C=O) groups excluding carboxylic acids is 3. The van der Waals surface area contributed by atoms with E-state index in [0.717, 1.165) is 0 Å². The van der Waals surface area contributed by atoms with Crippen molar-refractivity contribution in [3.05, 3.63) is 52.2 Å². The average Bonchev–Trinajstić information content (AvgIpc) is 3.07. The monoisotopic (exact) mass is 332 g/mol. The number of amides is 2. The number of hydrogen-bond acceptors (Lipinski definition) is 5. The Bertz CT molecular complexity index is 711. The molecule has 1 aromatic carbocycles. The third-order valence-electron chi connectivity index (χ3n) is 2.93. The first kappa shape index (κ1) is 16.7. The van der Waals surface area contributed by atoms with Gasteiger partial charge in [0.25, 0.3) is 11.8 Å². The Hall–Kier alpha value is -2.67. The van der Waals surface area contributed by atoms with E-state index in [9.17, 15) is 14.4 Å². The number of carbonyl (C=O) groups is 3. The SMILES string of the molecule is CN(C)C(=O)COC(=O)c1cccc(NC(=O)c2cccs2)c1. The number of benzene rings is 1. The van der Waals surface area contributed by atoms with Crippen molar-refractivity contribution >= 4 is 34.8 Å². The zero-order valence-electron chi connectivity index (χ0n) is 12.7. The van der Waals surface area contributed by atoms with E-state index in [1.807, 2.05) is 5.38 Å². The highest BCUT2D eigenvalue weighted by molar-refractivity contribution is 7.12. The Morgan fingerprint density at radius 1 is 1.17 bits per heavy atom. The summed E-state index contributed by atoms with van der Waals surface area (Å²) in [6.45, 7) is -0.322. The van der Waals surface area contributed by atoms with Gasteiger partial charge in [0.05, 0.1) is 10.4 Å². The predicted molar refractivity (Wildman–Crippen MR) is 87.7 cm³/mol. The first-order chi connectivity index (χ1) is 11.0. The molecule has 2 amide bonds. The van der Waals surface area contributed by atoms with Crippen molar-refractivity contribution in [1.29, 1.82) is 0 Å². The largest absolute Gasteiger partial charge is 0.452 e. The summed E-state index contributed by atoms with van der Waals surface area (Å²) in [5.41, 5.74) is 0.748. The first-order valence-electron chi connectivity index (χ1n) is 6.79. The molecule has 1 aromatic heterocycles. The smallest absolute Gasteiger partial charge is 0.338 e. The summed E-state index contributed by atoms with van der Waals surface area (Å²) in [5.74, 6) is -1.17. The van der Waals surface area contributed by atoms with E-state index in [0.29, 0.717) is 10.6 Å². The van der Waals surface area contributed by atoms with Gasteiger partial charge in [-0.2, -0.15) is 0 Å². The number of esters is 1. The van der Waals surface area contributed by atoms with Gasteiger partial charge >= 0.3 is 5.97 Å². The summed E-state index contributed by atoms with van der Waals surface area (Å²) in [5, 5.41) is 4.52. The molecule has 1 heterocycles. The van der Waals surface area contributed by atoms with Crippen LogP contribution in [-0.4, -0.2) is 43.4 Å². The molecular weight excluding hydrogens is 316 g/mol. The van der Waals surface area contributed by atoms with Crippen LogP contribution >= 0.6 is 11.3 Å². The molecule has 0 bridgehead atoms. The van der Waals surface area contributed by atoms with Gasteiger partial charge in [-0.15, -0.1) is 11.3 Å². The standard InChI is InChI=1S/C16H16N2O4S/c1-18(2)14(19)10-22-16(21)11-5-3-6-12(9-11)17-15(20)13-7-4-8-23-13/h3-9H,10H2,1-2H3,(H,17,20). The first-order valence-corrected chi connectivity index (χ1v) is 7.67. The van der Waals surface area contributed by atoms with Crippen LogP contribution in [0.5, 0.6) is 0 Å². The molecule has 0 saturated heterocycles. The van der Waals surface area contributed by atoms with Crippen LogP contribution in [0.3, 0.4) is 0 Å².